The number of amides is 4. The Morgan fingerprint density at radius 1 is 1.05 bits per heavy atom. The van der Waals surface area contributed by atoms with Gasteiger partial charge >= 0.3 is 6.03 Å². The highest BCUT2D eigenvalue weighted by atomic mass is 19.1. The molecule has 40 heavy (non-hydrogen) atoms. The van der Waals surface area contributed by atoms with Gasteiger partial charge in [-0.15, -0.1) is 0 Å². The van der Waals surface area contributed by atoms with Crippen LogP contribution in [-0.4, -0.2) is 45.8 Å². The van der Waals surface area contributed by atoms with Crippen LogP contribution >= 0.6 is 0 Å². The molecule has 2 aliphatic rings. The number of anilines is 1. The number of carbonyl (C=O) groups excluding carboxylic acids is 3. The molecule has 4 heterocycles. The Morgan fingerprint density at radius 3 is 2.58 bits per heavy atom. The molecule has 10 heteroatoms. The fraction of sp³-hybridized carbons (Fsp3) is 0.333. The van der Waals surface area contributed by atoms with Gasteiger partial charge in [-0.05, 0) is 73.7 Å². The number of urea groups is 1. The number of fused-ring (bicyclic) bond motifs is 2. The van der Waals surface area contributed by atoms with E-state index in [0.29, 0.717) is 60.0 Å². The van der Waals surface area contributed by atoms with Gasteiger partial charge in [0.15, 0.2) is 0 Å². The smallest absolute Gasteiger partial charge is 0.318 e. The molecular formula is C30H33FN6O3. The highest BCUT2D eigenvalue weighted by molar-refractivity contribution is 6.34. The third-order valence-corrected chi connectivity index (χ3v) is 7.44. The zero-order valence-electron chi connectivity index (χ0n) is 22.7. The summed E-state index contributed by atoms with van der Waals surface area (Å²) in [6.45, 7) is 6.02. The molecular weight excluding hydrogens is 511 g/mol. The molecule has 0 radical (unpaired) electrons. The lowest BCUT2D eigenvalue weighted by Crippen LogP contribution is -2.36. The molecule has 1 aromatic carbocycles. The van der Waals surface area contributed by atoms with E-state index >= 15 is 0 Å². The van der Waals surface area contributed by atoms with Crippen molar-refractivity contribution in [2.24, 2.45) is 0 Å². The number of nitrogens with zero attached hydrogens (tertiary/aromatic N) is 2. The van der Waals surface area contributed by atoms with Crippen LogP contribution in [0.25, 0.3) is 11.6 Å². The van der Waals surface area contributed by atoms with Gasteiger partial charge in [-0.3, -0.25) is 14.6 Å². The van der Waals surface area contributed by atoms with Crippen LogP contribution in [0.1, 0.15) is 69.7 Å². The highest BCUT2D eigenvalue weighted by Crippen LogP contribution is 2.34. The second-order valence-corrected chi connectivity index (χ2v) is 10.3. The minimum atomic E-state index is -0.420. The second kappa shape index (κ2) is 11.7. The number of unbranched alkanes of at least 4 members (excludes halogenated alkanes) is 3. The van der Waals surface area contributed by atoms with Gasteiger partial charge in [0.1, 0.15) is 5.82 Å². The number of hydrogen-bond donors (Lipinski definition) is 4. The number of aromatic amines is 1. The summed E-state index contributed by atoms with van der Waals surface area (Å²) in [4.78, 5) is 46.9. The monoisotopic (exact) mass is 544 g/mol. The number of hydrogen-bond acceptors (Lipinski definition) is 4. The van der Waals surface area contributed by atoms with Crippen molar-refractivity contribution in [3.63, 3.8) is 0 Å². The molecule has 2 aliphatic heterocycles. The molecule has 0 saturated heterocycles. The van der Waals surface area contributed by atoms with E-state index in [0.717, 1.165) is 42.4 Å². The lowest BCUT2D eigenvalue weighted by molar-refractivity contribution is -0.110. The van der Waals surface area contributed by atoms with Gasteiger partial charge in [0.25, 0.3) is 11.8 Å². The first kappa shape index (κ1) is 27.1. The van der Waals surface area contributed by atoms with Gasteiger partial charge in [-0.1, -0.05) is 12.8 Å². The minimum Gasteiger partial charge on any atom is -0.358 e. The molecule has 0 bridgehead atoms. The Hall–Kier alpha value is -4.47. The van der Waals surface area contributed by atoms with Crippen molar-refractivity contribution in [3.05, 3.63) is 81.7 Å². The van der Waals surface area contributed by atoms with Crippen molar-refractivity contribution in [2.75, 3.05) is 18.4 Å². The topological polar surface area (TPSA) is 119 Å². The Labute approximate surface area is 232 Å². The predicted molar refractivity (Wildman–Crippen MR) is 151 cm³/mol. The summed E-state index contributed by atoms with van der Waals surface area (Å²) < 4.78 is 13.8. The number of halogens is 1. The summed E-state index contributed by atoms with van der Waals surface area (Å²) in [6, 6.07) is 6.07. The van der Waals surface area contributed by atoms with Gasteiger partial charge in [0.2, 0.25) is 0 Å². The van der Waals surface area contributed by atoms with Crippen LogP contribution in [0, 0.1) is 19.7 Å². The SMILES string of the molecule is Cc1[nH]c(/C=C2\C(=O)Nc3ccc(F)cc32)c(C)c1C(=O)NCCCCCCNC(=O)N1Cc2ccncc2C1. The maximum atomic E-state index is 13.8. The molecule has 4 N–H and O–H groups in total. The number of rotatable bonds is 9. The van der Waals surface area contributed by atoms with Gasteiger partial charge in [-0.2, -0.15) is 0 Å². The molecule has 4 amide bonds. The van der Waals surface area contributed by atoms with E-state index in [-0.39, 0.29) is 17.8 Å². The molecule has 0 spiro atoms. The first-order valence-corrected chi connectivity index (χ1v) is 13.6. The summed E-state index contributed by atoms with van der Waals surface area (Å²) in [6.07, 6.45) is 8.81. The fourth-order valence-corrected chi connectivity index (χ4v) is 5.27. The zero-order valence-corrected chi connectivity index (χ0v) is 22.7. The molecule has 5 rings (SSSR count). The van der Waals surface area contributed by atoms with Crippen LogP contribution in [-0.2, 0) is 17.9 Å². The molecule has 3 aromatic rings. The van der Waals surface area contributed by atoms with E-state index in [9.17, 15) is 18.8 Å². The fourth-order valence-electron chi connectivity index (χ4n) is 5.27. The van der Waals surface area contributed by atoms with Gasteiger partial charge < -0.3 is 25.8 Å². The number of aryl methyl sites for hydroxylation is 1. The molecule has 2 aromatic heterocycles. The van der Waals surface area contributed by atoms with Crippen LogP contribution in [0.2, 0.25) is 0 Å². The third kappa shape index (κ3) is 5.75. The first-order chi connectivity index (χ1) is 19.3. The van der Waals surface area contributed by atoms with Crippen LogP contribution in [0.3, 0.4) is 0 Å². The average molecular weight is 545 g/mol. The van der Waals surface area contributed by atoms with Crippen molar-refractivity contribution in [1.82, 2.24) is 25.5 Å². The lowest BCUT2D eigenvalue weighted by Gasteiger charge is -2.16. The Morgan fingerprint density at radius 2 is 1.80 bits per heavy atom. The molecule has 208 valence electrons. The van der Waals surface area contributed by atoms with E-state index in [1.807, 2.05) is 26.1 Å². The largest absolute Gasteiger partial charge is 0.358 e. The number of pyridine rings is 1. The molecule has 0 unspecified atom stereocenters. The molecule has 0 fully saturated rings. The Kier molecular flexibility index (Phi) is 7.95. The lowest BCUT2D eigenvalue weighted by atomic mass is 10.0. The number of nitrogens with one attached hydrogen (secondary N) is 4. The summed E-state index contributed by atoms with van der Waals surface area (Å²) in [7, 11) is 0. The second-order valence-electron chi connectivity index (χ2n) is 10.3. The van der Waals surface area contributed by atoms with Crippen molar-refractivity contribution in [3.8, 4) is 0 Å². The van der Waals surface area contributed by atoms with E-state index in [4.69, 9.17) is 0 Å². The summed E-state index contributed by atoms with van der Waals surface area (Å²) in [5.74, 6) is -0.902. The summed E-state index contributed by atoms with van der Waals surface area (Å²) >= 11 is 0. The van der Waals surface area contributed by atoms with E-state index in [1.165, 1.54) is 18.2 Å². The van der Waals surface area contributed by atoms with E-state index < -0.39 is 5.82 Å². The minimum absolute atomic E-state index is 0.0550. The van der Waals surface area contributed by atoms with Gasteiger partial charge in [0, 0.05) is 61.2 Å². The zero-order chi connectivity index (χ0) is 28.2. The van der Waals surface area contributed by atoms with E-state index in [2.05, 4.69) is 25.9 Å². The standard InChI is InChI=1S/C30H33FN6O3/c1-18-26(14-24-23-13-22(31)7-8-25(23)36-28(24)38)35-19(2)27(18)29(39)33-10-5-3-4-6-11-34-30(40)37-16-20-9-12-32-15-21(20)17-37/h7-9,12-15,35H,3-6,10-11,16-17H2,1-2H3,(H,33,39)(H,34,40)(H,36,38)/b24-14-. The van der Waals surface area contributed by atoms with Crippen molar-refractivity contribution in [2.45, 2.75) is 52.6 Å². The quantitative estimate of drug-likeness (QED) is 0.231. The van der Waals surface area contributed by atoms with Gasteiger partial charge in [-0.25, -0.2) is 9.18 Å². The first-order valence-electron chi connectivity index (χ1n) is 13.6. The van der Waals surface area contributed by atoms with Crippen LogP contribution in [0.15, 0.2) is 36.7 Å². The highest BCUT2D eigenvalue weighted by Gasteiger charge is 2.26. The number of aromatic nitrogens is 2. The summed E-state index contributed by atoms with van der Waals surface area (Å²) in [5, 5.41) is 8.71. The number of H-pyrrole nitrogens is 1. The van der Waals surface area contributed by atoms with Crippen molar-refractivity contribution < 1.29 is 18.8 Å². The maximum Gasteiger partial charge on any atom is 0.318 e. The van der Waals surface area contributed by atoms with Gasteiger partial charge in [0.05, 0.1) is 11.1 Å². The maximum absolute atomic E-state index is 13.8. The number of benzene rings is 1. The predicted octanol–water partition coefficient (Wildman–Crippen LogP) is 4.67. The van der Waals surface area contributed by atoms with Crippen LogP contribution < -0.4 is 16.0 Å². The third-order valence-electron chi connectivity index (χ3n) is 7.44. The molecule has 9 nitrogen and oxygen atoms in total. The molecule has 0 saturated carbocycles. The van der Waals surface area contributed by atoms with Crippen molar-refractivity contribution in [1.29, 1.82) is 0 Å². The average Bonchev–Trinajstić information content (AvgIpc) is 3.58. The summed E-state index contributed by atoms with van der Waals surface area (Å²) in [5.41, 5.74) is 6.28. The number of carbonyl (C=O) groups is 3. The normalized spacial score (nSPS) is 14.7. The van der Waals surface area contributed by atoms with Crippen molar-refractivity contribution >= 4 is 35.2 Å². The molecule has 0 atom stereocenters. The van der Waals surface area contributed by atoms with Crippen LogP contribution in [0.4, 0.5) is 14.9 Å². The Bertz CT molecular complexity index is 1470. The Balaban J connectivity index is 1.04. The van der Waals surface area contributed by atoms with Crippen LogP contribution in [0.5, 0.6) is 0 Å². The molecule has 0 aliphatic carbocycles. The van der Waals surface area contributed by atoms with E-state index in [1.54, 1.807) is 17.2 Å².